The lowest BCUT2D eigenvalue weighted by atomic mass is 10.0. The molecule has 174 valence electrons. The Labute approximate surface area is 184 Å². The maximum absolute atomic E-state index is 13.0. The van der Waals surface area contributed by atoms with Crippen molar-refractivity contribution in [2.45, 2.75) is 52.7 Å². The Bertz CT molecular complexity index is 954. The second-order valence-electron chi connectivity index (χ2n) is 8.36. The maximum Gasteiger partial charge on any atom is 0.424 e. The SMILES string of the molecule is COC(=O)c1c(OC)cc(C#N)c([N+](=O)[O-])c1N(C(=O)OC(C)(C)C)C(=O)OC(C)(C)C. The smallest absolute Gasteiger partial charge is 0.424 e. The number of nitro groups is 1. The van der Waals surface area contributed by atoms with E-state index in [0.717, 1.165) is 20.3 Å². The fraction of sp³-hybridized carbons (Fsp3) is 0.500. The van der Waals surface area contributed by atoms with Gasteiger partial charge < -0.3 is 18.9 Å². The fourth-order valence-corrected chi connectivity index (χ4v) is 2.45. The van der Waals surface area contributed by atoms with Crippen molar-refractivity contribution in [2.75, 3.05) is 19.1 Å². The van der Waals surface area contributed by atoms with Crippen molar-refractivity contribution < 1.29 is 38.3 Å². The summed E-state index contributed by atoms with van der Waals surface area (Å²) in [6, 6.07) is 2.53. The van der Waals surface area contributed by atoms with Gasteiger partial charge >= 0.3 is 23.8 Å². The lowest BCUT2D eigenvalue weighted by Crippen LogP contribution is -2.44. The Hall–Kier alpha value is -3.88. The van der Waals surface area contributed by atoms with Gasteiger partial charge in [-0.05, 0) is 41.5 Å². The molecule has 0 bridgehead atoms. The van der Waals surface area contributed by atoms with Crippen molar-refractivity contribution in [3.8, 4) is 11.8 Å². The molecule has 0 atom stereocenters. The number of imide groups is 1. The molecule has 32 heavy (non-hydrogen) atoms. The van der Waals surface area contributed by atoms with E-state index in [4.69, 9.17) is 14.2 Å². The molecule has 0 saturated heterocycles. The summed E-state index contributed by atoms with van der Waals surface area (Å²) >= 11 is 0. The van der Waals surface area contributed by atoms with Crippen LogP contribution in [0.3, 0.4) is 0 Å². The Balaban J connectivity index is 4.15. The van der Waals surface area contributed by atoms with Crippen LogP contribution in [0.4, 0.5) is 21.0 Å². The summed E-state index contributed by atoms with van der Waals surface area (Å²) in [6.45, 7) is 9.00. The quantitative estimate of drug-likeness (QED) is 0.284. The van der Waals surface area contributed by atoms with Gasteiger partial charge in [0.1, 0.15) is 34.1 Å². The Kier molecular flexibility index (Phi) is 7.77. The predicted octanol–water partition coefficient (Wildman–Crippen LogP) is 3.94. The second kappa shape index (κ2) is 9.51. The number of carbonyl (C=O) groups is 3. The molecule has 0 N–H and O–H groups in total. The molecule has 12 nitrogen and oxygen atoms in total. The number of nitriles is 1. The average molecular weight is 451 g/mol. The van der Waals surface area contributed by atoms with E-state index in [0.29, 0.717) is 0 Å². The zero-order valence-corrected chi connectivity index (χ0v) is 19.1. The first-order valence-corrected chi connectivity index (χ1v) is 9.21. The number of hydrogen-bond acceptors (Lipinski definition) is 10. The van der Waals surface area contributed by atoms with Crippen LogP contribution in [-0.2, 0) is 14.2 Å². The molecule has 2 amide bonds. The van der Waals surface area contributed by atoms with Gasteiger partial charge in [-0.15, -0.1) is 0 Å². The average Bonchev–Trinajstić information content (AvgIpc) is 2.63. The van der Waals surface area contributed by atoms with Crippen molar-refractivity contribution >= 4 is 29.5 Å². The van der Waals surface area contributed by atoms with Crippen LogP contribution >= 0.6 is 0 Å². The number of nitro benzene ring substituents is 1. The van der Waals surface area contributed by atoms with E-state index in [9.17, 15) is 29.8 Å². The third-order valence-corrected chi connectivity index (χ3v) is 3.53. The number of esters is 1. The number of nitrogens with zero attached hydrogens (tertiary/aromatic N) is 3. The molecule has 0 radical (unpaired) electrons. The van der Waals surface area contributed by atoms with E-state index in [1.54, 1.807) is 6.07 Å². The number of anilines is 1. The molecule has 0 saturated carbocycles. The number of benzene rings is 1. The van der Waals surface area contributed by atoms with Gasteiger partial charge in [-0.1, -0.05) is 0 Å². The molecule has 0 aliphatic carbocycles. The zero-order valence-electron chi connectivity index (χ0n) is 19.1. The van der Waals surface area contributed by atoms with Crippen LogP contribution in [0.25, 0.3) is 0 Å². The summed E-state index contributed by atoms with van der Waals surface area (Å²) in [5.74, 6) is -1.51. The molecular weight excluding hydrogens is 426 g/mol. The van der Waals surface area contributed by atoms with Crippen LogP contribution in [0, 0.1) is 21.4 Å². The third-order valence-electron chi connectivity index (χ3n) is 3.53. The van der Waals surface area contributed by atoms with Crippen molar-refractivity contribution in [1.29, 1.82) is 5.26 Å². The number of amides is 2. The molecule has 0 fully saturated rings. The molecular formula is C20H25N3O9. The highest BCUT2D eigenvalue weighted by Crippen LogP contribution is 2.42. The van der Waals surface area contributed by atoms with E-state index in [1.807, 2.05) is 0 Å². The first-order chi connectivity index (χ1) is 14.6. The minimum Gasteiger partial charge on any atom is -0.496 e. The standard InChI is InChI=1S/C20H25N3O9/c1-19(2,3)31-17(25)22(18(26)32-20(4,5)6)15-13(16(24)30-8)12(29-7)9-11(10-21)14(15)23(27)28/h9H,1-8H3. The van der Waals surface area contributed by atoms with E-state index in [1.165, 1.54) is 41.5 Å². The number of hydrogen-bond donors (Lipinski definition) is 0. The first kappa shape index (κ1) is 26.2. The summed E-state index contributed by atoms with van der Waals surface area (Å²) in [5.41, 5.74) is -5.36. The van der Waals surface area contributed by atoms with Gasteiger partial charge in [0.25, 0.3) is 0 Å². The van der Waals surface area contributed by atoms with Crippen LogP contribution in [-0.4, -0.2) is 48.5 Å². The normalized spacial score (nSPS) is 11.1. The minimum absolute atomic E-state index is 0.185. The van der Waals surface area contributed by atoms with Gasteiger partial charge in [-0.2, -0.15) is 10.2 Å². The van der Waals surface area contributed by atoms with Crippen molar-refractivity contribution in [3.63, 3.8) is 0 Å². The van der Waals surface area contributed by atoms with Gasteiger partial charge in [0.15, 0.2) is 5.69 Å². The van der Waals surface area contributed by atoms with Crippen molar-refractivity contribution in [3.05, 3.63) is 27.3 Å². The largest absolute Gasteiger partial charge is 0.496 e. The van der Waals surface area contributed by atoms with E-state index in [2.05, 4.69) is 4.74 Å². The summed E-state index contributed by atoms with van der Waals surface area (Å²) in [5, 5.41) is 21.4. The maximum atomic E-state index is 13.0. The minimum atomic E-state index is -1.38. The Morgan fingerprint density at radius 1 is 1.03 bits per heavy atom. The first-order valence-electron chi connectivity index (χ1n) is 9.21. The summed E-state index contributed by atoms with van der Waals surface area (Å²) in [7, 11) is 2.12. The number of rotatable bonds is 4. The Morgan fingerprint density at radius 2 is 1.50 bits per heavy atom. The third kappa shape index (κ3) is 6.07. The number of carbonyl (C=O) groups excluding carboxylic acids is 3. The molecule has 1 aromatic carbocycles. The van der Waals surface area contributed by atoms with Crippen LogP contribution in [0.15, 0.2) is 6.07 Å². The van der Waals surface area contributed by atoms with Gasteiger partial charge in [-0.25, -0.2) is 14.4 Å². The molecule has 12 heteroatoms. The molecule has 0 unspecified atom stereocenters. The van der Waals surface area contributed by atoms with E-state index < -0.39 is 56.8 Å². The summed E-state index contributed by atoms with van der Waals surface area (Å²) in [6.07, 6.45) is -2.76. The van der Waals surface area contributed by atoms with Crippen LogP contribution in [0.1, 0.15) is 57.5 Å². The second-order valence-corrected chi connectivity index (χ2v) is 8.36. The highest BCUT2D eigenvalue weighted by atomic mass is 16.6. The highest BCUT2D eigenvalue weighted by molar-refractivity contribution is 6.16. The molecule has 0 aromatic heterocycles. The highest BCUT2D eigenvalue weighted by Gasteiger charge is 2.43. The summed E-state index contributed by atoms with van der Waals surface area (Å²) in [4.78, 5) is 49.7. The lowest BCUT2D eigenvalue weighted by Gasteiger charge is -2.29. The molecule has 1 rings (SSSR count). The van der Waals surface area contributed by atoms with Crippen LogP contribution < -0.4 is 9.64 Å². The van der Waals surface area contributed by atoms with Crippen LogP contribution in [0.5, 0.6) is 5.75 Å². The predicted molar refractivity (Wildman–Crippen MR) is 111 cm³/mol. The van der Waals surface area contributed by atoms with Gasteiger partial charge in [0.05, 0.1) is 19.1 Å². The number of methoxy groups -OCH3 is 2. The van der Waals surface area contributed by atoms with Crippen LogP contribution in [0.2, 0.25) is 0 Å². The van der Waals surface area contributed by atoms with Gasteiger partial charge in [0, 0.05) is 6.07 Å². The molecule has 0 aliphatic heterocycles. The monoisotopic (exact) mass is 451 g/mol. The molecule has 0 spiro atoms. The van der Waals surface area contributed by atoms with E-state index in [-0.39, 0.29) is 10.6 Å². The fourth-order valence-electron chi connectivity index (χ4n) is 2.45. The van der Waals surface area contributed by atoms with E-state index >= 15 is 0 Å². The van der Waals surface area contributed by atoms with Gasteiger partial charge in [-0.3, -0.25) is 10.1 Å². The molecule has 0 aliphatic rings. The topological polar surface area (TPSA) is 158 Å². The lowest BCUT2D eigenvalue weighted by molar-refractivity contribution is -0.384. The Morgan fingerprint density at radius 3 is 1.81 bits per heavy atom. The van der Waals surface area contributed by atoms with Crippen molar-refractivity contribution in [1.82, 2.24) is 0 Å². The number of ether oxygens (including phenoxy) is 4. The summed E-state index contributed by atoms with van der Waals surface area (Å²) < 4.78 is 20.2. The van der Waals surface area contributed by atoms with Gasteiger partial charge in [0.2, 0.25) is 0 Å². The molecule has 1 aromatic rings. The zero-order chi connectivity index (χ0) is 25.0. The molecule has 0 heterocycles. The van der Waals surface area contributed by atoms with Crippen molar-refractivity contribution in [2.24, 2.45) is 0 Å².